The molecule has 0 aromatic heterocycles. The number of halogens is 3. The molecule has 14 heavy (non-hydrogen) atoms. The number of hydrogen-bond donors (Lipinski definition) is 3. The zero-order chi connectivity index (χ0) is 11.0. The van der Waals surface area contributed by atoms with E-state index in [9.17, 15) is 13.2 Å². The van der Waals surface area contributed by atoms with Crippen molar-refractivity contribution in [2.45, 2.75) is 25.4 Å². The third-order valence-corrected chi connectivity index (χ3v) is 2.56. The summed E-state index contributed by atoms with van der Waals surface area (Å²) in [6.45, 7) is 0. The van der Waals surface area contributed by atoms with Crippen molar-refractivity contribution < 1.29 is 18.3 Å². The van der Waals surface area contributed by atoms with E-state index in [1.54, 1.807) is 0 Å². The molecule has 1 rings (SSSR count). The Morgan fingerprint density at radius 2 is 1.93 bits per heavy atom. The van der Waals surface area contributed by atoms with E-state index in [1.807, 2.05) is 0 Å². The van der Waals surface area contributed by atoms with Gasteiger partial charge in [0.15, 0.2) is 5.88 Å². The Hall–Kier alpha value is -1.20. The lowest BCUT2D eigenvalue weighted by Crippen LogP contribution is -2.49. The van der Waals surface area contributed by atoms with Crippen molar-refractivity contribution >= 4 is 5.71 Å². The minimum absolute atomic E-state index is 0.0981. The van der Waals surface area contributed by atoms with Crippen molar-refractivity contribution in [3.8, 4) is 0 Å². The molecular formula is C8H11F3N2O. The highest BCUT2D eigenvalue weighted by atomic mass is 19.4. The molecule has 0 radical (unpaired) electrons. The van der Waals surface area contributed by atoms with Crippen molar-refractivity contribution in [3.05, 3.63) is 12.0 Å². The Balaban J connectivity index is 2.92. The Kier molecular flexibility index (Phi) is 2.47. The average Bonchev–Trinajstić information content (AvgIpc) is 1.76. The van der Waals surface area contributed by atoms with E-state index >= 15 is 0 Å². The molecule has 4 N–H and O–H groups in total. The second-order valence-corrected chi connectivity index (χ2v) is 3.42. The van der Waals surface area contributed by atoms with Gasteiger partial charge in [0.05, 0.1) is 5.71 Å². The summed E-state index contributed by atoms with van der Waals surface area (Å²) in [5, 5.41) is 15.8. The van der Waals surface area contributed by atoms with Gasteiger partial charge in [-0.1, -0.05) is 6.42 Å². The lowest BCUT2D eigenvalue weighted by atomic mass is 9.65. The Bertz CT molecular complexity index is 275. The van der Waals surface area contributed by atoms with Crippen LogP contribution in [0.2, 0.25) is 0 Å². The molecule has 1 aliphatic carbocycles. The Labute approximate surface area is 78.9 Å². The molecule has 1 saturated carbocycles. The fourth-order valence-electron chi connectivity index (χ4n) is 1.52. The molecule has 0 amide bonds. The van der Waals surface area contributed by atoms with Gasteiger partial charge in [-0.25, -0.2) is 0 Å². The largest absolute Gasteiger partial charge is 0.495 e. The van der Waals surface area contributed by atoms with Gasteiger partial charge in [-0.15, -0.1) is 0 Å². The molecule has 0 aromatic rings. The summed E-state index contributed by atoms with van der Waals surface area (Å²) >= 11 is 0. The maximum Gasteiger partial charge on any atom is 0.399 e. The molecule has 6 heteroatoms. The van der Waals surface area contributed by atoms with Crippen LogP contribution in [0.1, 0.15) is 19.3 Å². The van der Waals surface area contributed by atoms with Crippen molar-refractivity contribution in [2.24, 2.45) is 11.1 Å². The molecule has 0 saturated heterocycles. The quantitative estimate of drug-likeness (QED) is 0.480. The first kappa shape index (κ1) is 10.9. The van der Waals surface area contributed by atoms with Gasteiger partial charge in [0.25, 0.3) is 0 Å². The maximum absolute atomic E-state index is 12.6. The van der Waals surface area contributed by atoms with E-state index < -0.39 is 23.2 Å². The van der Waals surface area contributed by atoms with E-state index in [4.69, 9.17) is 16.2 Å². The summed E-state index contributed by atoms with van der Waals surface area (Å²) in [5.41, 5.74) is 2.08. The topological polar surface area (TPSA) is 70.1 Å². The van der Waals surface area contributed by atoms with Crippen LogP contribution < -0.4 is 5.73 Å². The summed E-state index contributed by atoms with van der Waals surface area (Å²) in [6, 6.07) is 0. The minimum Gasteiger partial charge on any atom is -0.495 e. The van der Waals surface area contributed by atoms with E-state index in [0.29, 0.717) is 12.5 Å². The monoisotopic (exact) mass is 208 g/mol. The summed E-state index contributed by atoms with van der Waals surface area (Å²) < 4.78 is 37.7. The number of aliphatic hydroxyl groups is 1. The highest BCUT2D eigenvalue weighted by Crippen LogP contribution is 2.53. The lowest BCUT2D eigenvalue weighted by Gasteiger charge is -2.42. The van der Waals surface area contributed by atoms with Gasteiger partial charge in [-0.2, -0.15) is 13.2 Å². The molecule has 1 aliphatic rings. The molecule has 80 valence electrons. The van der Waals surface area contributed by atoms with Gasteiger partial charge in [0, 0.05) is 6.08 Å². The summed E-state index contributed by atoms with van der Waals surface area (Å²) in [4.78, 5) is 0. The van der Waals surface area contributed by atoms with Crippen molar-refractivity contribution in [3.63, 3.8) is 0 Å². The second-order valence-electron chi connectivity index (χ2n) is 3.42. The third kappa shape index (κ3) is 1.56. The van der Waals surface area contributed by atoms with E-state index in [2.05, 4.69) is 0 Å². The van der Waals surface area contributed by atoms with Crippen LogP contribution in [0.3, 0.4) is 0 Å². The van der Waals surface area contributed by atoms with Gasteiger partial charge in [-0.05, 0) is 12.8 Å². The van der Waals surface area contributed by atoms with Crippen molar-refractivity contribution in [2.75, 3.05) is 0 Å². The van der Waals surface area contributed by atoms with E-state index in [1.165, 1.54) is 0 Å². The van der Waals surface area contributed by atoms with Crippen LogP contribution in [-0.4, -0.2) is 17.0 Å². The maximum atomic E-state index is 12.6. The zero-order valence-corrected chi connectivity index (χ0v) is 7.36. The van der Waals surface area contributed by atoms with Crippen LogP contribution in [0.5, 0.6) is 0 Å². The van der Waals surface area contributed by atoms with Gasteiger partial charge in [0.2, 0.25) is 0 Å². The number of aliphatic hydroxyl groups excluding tert-OH is 1. The van der Waals surface area contributed by atoms with Crippen LogP contribution in [0, 0.1) is 10.8 Å². The van der Waals surface area contributed by atoms with Crippen molar-refractivity contribution in [1.29, 1.82) is 5.41 Å². The van der Waals surface area contributed by atoms with Crippen LogP contribution in [0.15, 0.2) is 12.0 Å². The first-order chi connectivity index (χ1) is 6.29. The minimum atomic E-state index is -4.44. The molecule has 0 heterocycles. The predicted molar refractivity (Wildman–Crippen MR) is 45.0 cm³/mol. The van der Waals surface area contributed by atoms with Gasteiger partial charge < -0.3 is 16.2 Å². The SMILES string of the molecule is N=C(/C=C(/N)O)C1(C(F)(F)F)CCC1. The lowest BCUT2D eigenvalue weighted by molar-refractivity contribution is -0.220. The fraction of sp³-hybridized carbons (Fsp3) is 0.625. The average molecular weight is 208 g/mol. The van der Waals surface area contributed by atoms with Crippen LogP contribution in [0.25, 0.3) is 0 Å². The number of rotatable bonds is 2. The highest BCUT2D eigenvalue weighted by molar-refractivity contribution is 5.98. The first-order valence-electron chi connectivity index (χ1n) is 4.11. The molecular weight excluding hydrogens is 197 g/mol. The van der Waals surface area contributed by atoms with Crippen molar-refractivity contribution in [1.82, 2.24) is 0 Å². The molecule has 0 aliphatic heterocycles. The summed E-state index contributed by atoms with van der Waals surface area (Å²) in [6.07, 6.45) is -3.53. The van der Waals surface area contributed by atoms with E-state index in [-0.39, 0.29) is 12.8 Å². The third-order valence-electron chi connectivity index (χ3n) is 2.56. The Morgan fingerprint density at radius 1 is 1.43 bits per heavy atom. The van der Waals surface area contributed by atoms with E-state index in [0.717, 1.165) is 0 Å². The molecule has 3 nitrogen and oxygen atoms in total. The van der Waals surface area contributed by atoms with Gasteiger partial charge >= 0.3 is 6.18 Å². The Morgan fingerprint density at radius 3 is 2.14 bits per heavy atom. The van der Waals surface area contributed by atoms with Crippen LogP contribution >= 0.6 is 0 Å². The standard InChI is InChI=1S/C8H11F3N2O/c9-8(10,11)7(2-1-3-7)5(12)4-6(13)14/h4,12,14H,1-3,13H2/b6-4-,12-5?. The summed E-state index contributed by atoms with van der Waals surface area (Å²) in [5.74, 6) is -0.759. The number of allylic oxidation sites excluding steroid dienone is 1. The fourth-order valence-corrected chi connectivity index (χ4v) is 1.52. The molecule has 0 atom stereocenters. The van der Waals surface area contributed by atoms with Gasteiger partial charge in [-0.3, -0.25) is 0 Å². The molecule has 1 fully saturated rings. The first-order valence-corrected chi connectivity index (χ1v) is 4.11. The zero-order valence-electron chi connectivity index (χ0n) is 7.36. The second kappa shape index (κ2) is 3.18. The molecule has 0 aromatic carbocycles. The predicted octanol–water partition coefficient (Wildman–Crippen LogP) is 2.10. The smallest absolute Gasteiger partial charge is 0.399 e. The number of nitrogens with one attached hydrogen (secondary N) is 1. The molecule has 0 spiro atoms. The number of alkyl halides is 3. The van der Waals surface area contributed by atoms with Crippen LogP contribution in [-0.2, 0) is 0 Å². The number of nitrogens with two attached hydrogens (primary N) is 1. The highest BCUT2D eigenvalue weighted by Gasteiger charge is 2.60. The normalized spacial score (nSPS) is 21.5. The summed E-state index contributed by atoms with van der Waals surface area (Å²) in [7, 11) is 0. The molecule has 0 unspecified atom stereocenters. The van der Waals surface area contributed by atoms with Gasteiger partial charge in [0.1, 0.15) is 5.41 Å². The van der Waals surface area contributed by atoms with Crippen LogP contribution in [0.4, 0.5) is 13.2 Å². The molecule has 0 bridgehead atoms. The number of hydrogen-bond acceptors (Lipinski definition) is 3.